The van der Waals surface area contributed by atoms with Crippen LogP contribution in [0.25, 0.3) is 0 Å². The number of esters is 1. The standard InChI is InChI=1S/C9H11F2NO4.Na.H/c1-2-5(13)16-9-7(6(14)8(10)11)15-4-3-12-9;;/h2,7-9,12H,1,3-4H2;;/q;+1;-1. The first-order valence-corrected chi connectivity index (χ1v) is 4.56. The summed E-state index contributed by atoms with van der Waals surface area (Å²) in [7, 11) is 0. The van der Waals surface area contributed by atoms with E-state index in [0.717, 1.165) is 6.08 Å². The van der Waals surface area contributed by atoms with Gasteiger partial charge in [0.2, 0.25) is 5.78 Å². The summed E-state index contributed by atoms with van der Waals surface area (Å²) in [5, 5.41) is 2.60. The van der Waals surface area contributed by atoms with Crippen molar-refractivity contribution < 1.29 is 58.8 Å². The number of carbonyl (C=O) groups is 2. The molecule has 1 rings (SSSR count). The quantitative estimate of drug-likeness (QED) is 0.331. The van der Waals surface area contributed by atoms with E-state index in [9.17, 15) is 18.4 Å². The van der Waals surface area contributed by atoms with Crippen LogP contribution in [0.2, 0.25) is 0 Å². The van der Waals surface area contributed by atoms with Crippen LogP contribution in [0.15, 0.2) is 12.7 Å². The van der Waals surface area contributed by atoms with Gasteiger partial charge in [-0.25, -0.2) is 13.6 Å². The Morgan fingerprint density at radius 2 is 2.24 bits per heavy atom. The van der Waals surface area contributed by atoms with E-state index in [1.54, 1.807) is 0 Å². The molecule has 0 amide bonds. The summed E-state index contributed by atoms with van der Waals surface area (Å²) in [6.45, 7) is 3.56. The number of ketones is 1. The monoisotopic (exact) mass is 259 g/mol. The van der Waals surface area contributed by atoms with Gasteiger partial charge in [-0.15, -0.1) is 0 Å². The van der Waals surface area contributed by atoms with Crippen molar-refractivity contribution in [3.05, 3.63) is 12.7 Å². The van der Waals surface area contributed by atoms with Crippen LogP contribution in [0.1, 0.15) is 1.43 Å². The van der Waals surface area contributed by atoms with E-state index in [4.69, 9.17) is 4.74 Å². The SMILES string of the molecule is C=CC(=O)OC1NCCOC1C(=O)C(F)F.[H-].[Na+]. The van der Waals surface area contributed by atoms with Gasteiger partial charge in [-0.05, 0) is 0 Å². The number of hydrogen-bond acceptors (Lipinski definition) is 5. The van der Waals surface area contributed by atoms with Crippen molar-refractivity contribution in [3.8, 4) is 0 Å². The van der Waals surface area contributed by atoms with Crippen LogP contribution in [0.3, 0.4) is 0 Å². The maximum atomic E-state index is 12.2. The number of nitrogens with one attached hydrogen (secondary N) is 1. The van der Waals surface area contributed by atoms with E-state index < -0.39 is 30.5 Å². The van der Waals surface area contributed by atoms with Crippen LogP contribution >= 0.6 is 0 Å². The van der Waals surface area contributed by atoms with Crippen molar-refractivity contribution in [2.24, 2.45) is 0 Å². The second-order valence-corrected chi connectivity index (χ2v) is 3.01. The van der Waals surface area contributed by atoms with Crippen molar-refractivity contribution in [3.63, 3.8) is 0 Å². The topological polar surface area (TPSA) is 64.6 Å². The molecule has 5 nitrogen and oxygen atoms in total. The zero-order valence-electron chi connectivity index (χ0n) is 10.3. The number of ether oxygens (including phenoxy) is 2. The number of rotatable bonds is 4. The molecule has 0 aromatic rings. The minimum atomic E-state index is -3.16. The molecule has 1 heterocycles. The van der Waals surface area contributed by atoms with Crippen molar-refractivity contribution in [1.82, 2.24) is 5.32 Å². The fraction of sp³-hybridized carbons (Fsp3) is 0.556. The van der Waals surface area contributed by atoms with E-state index in [1.807, 2.05) is 0 Å². The summed E-state index contributed by atoms with van der Waals surface area (Å²) in [5.74, 6) is -2.22. The molecule has 8 heteroatoms. The van der Waals surface area contributed by atoms with Gasteiger partial charge in [-0.3, -0.25) is 10.1 Å². The van der Waals surface area contributed by atoms with Gasteiger partial charge < -0.3 is 10.9 Å². The number of morpholine rings is 1. The Hall–Kier alpha value is -0.340. The van der Waals surface area contributed by atoms with Crippen molar-refractivity contribution in [2.75, 3.05) is 13.2 Å². The molecule has 1 aliphatic rings. The largest absolute Gasteiger partial charge is 1.00 e. The van der Waals surface area contributed by atoms with E-state index in [0.29, 0.717) is 6.54 Å². The van der Waals surface area contributed by atoms with Crippen LogP contribution in [-0.2, 0) is 19.1 Å². The summed E-state index contributed by atoms with van der Waals surface area (Å²) in [5.41, 5.74) is 0. The third-order valence-electron chi connectivity index (χ3n) is 1.93. The Morgan fingerprint density at radius 1 is 1.59 bits per heavy atom. The number of hydrogen-bond donors (Lipinski definition) is 1. The van der Waals surface area contributed by atoms with Gasteiger partial charge in [0.05, 0.1) is 6.61 Å². The summed E-state index contributed by atoms with van der Waals surface area (Å²) in [6, 6.07) is 0. The Labute approximate surface area is 120 Å². The average Bonchev–Trinajstić information content (AvgIpc) is 2.28. The van der Waals surface area contributed by atoms with Gasteiger partial charge in [0.15, 0.2) is 12.3 Å². The fourth-order valence-electron chi connectivity index (χ4n) is 1.21. The normalized spacial score (nSPS) is 23.7. The molecular weight excluding hydrogens is 247 g/mol. The third-order valence-corrected chi connectivity index (χ3v) is 1.93. The van der Waals surface area contributed by atoms with Crippen LogP contribution in [-0.4, -0.2) is 43.7 Å². The van der Waals surface area contributed by atoms with Gasteiger partial charge in [0, 0.05) is 12.6 Å². The van der Waals surface area contributed by atoms with Crippen molar-refractivity contribution in [1.29, 1.82) is 0 Å². The molecule has 1 N–H and O–H groups in total. The summed E-state index contributed by atoms with van der Waals surface area (Å²) in [4.78, 5) is 21.9. The molecule has 0 aromatic heterocycles. The Bertz CT molecular complexity index is 306. The summed E-state index contributed by atoms with van der Waals surface area (Å²) < 4.78 is 33.9. The number of Topliss-reactive ketones (excluding diaryl/α,β-unsaturated/α-hetero) is 1. The Kier molecular flexibility index (Phi) is 7.73. The summed E-state index contributed by atoms with van der Waals surface area (Å²) in [6.07, 6.45) is -4.95. The summed E-state index contributed by atoms with van der Waals surface area (Å²) >= 11 is 0. The molecule has 2 atom stereocenters. The average molecular weight is 259 g/mol. The molecule has 1 aliphatic heterocycles. The molecule has 0 aromatic carbocycles. The van der Waals surface area contributed by atoms with E-state index in [-0.39, 0.29) is 37.6 Å². The maximum Gasteiger partial charge on any atom is 1.00 e. The maximum absolute atomic E-state index is 12.2. The Balaban J connectivity index is 0. The molecule has 0 bridgehead atoms. The predicted octanol–water partition coefficient (Wildman–Crippen LogP) is -3.02. The zero-order chi connectivity index (χ0) is 12.1. The van der Waals surface area contributed by atoms with E-state index in [1.165, 1.54) is 0 Å². The van der Waals surface area contributed by atoms with Crippen LogP contribution in [0.4, 0.5) is 8.78 Å². The molecule has 92 valence electrons. The molecule has 1 saturated heterocycles. The van der Waals surface area contributed by atoms with Crippen molar-refractivity contribution >= 4 is 11.8 Å². The van der Waals surface area contributed by atoms with Gasteiger partial charge in [-0.1, -0.05) is 6.58 Å². The Morgan fingerprint density at radius 3 is 2.76 bits per heavy atom. The fourth-order valence-corrected chi connectivity index (χ4v) is 1.21. The van der Waals surface area contributed by atoms with Crippen LogP contribution in [0, 0.1) is 0 Å². The number of halogens is 2. The van der Waals surface area contributed by atoms with Gasteiger partial charge >= 0.3 is 35.5 Å². The molecule has 17 heavy (non-hydrogen) atoms. The third kappa shape index (κ3) is 4.81. The second kappa shape index (κ2) is 7.88. The second-order valence-electron chi connectivity index (χ2n) is 3.01. The molecule has 0 spiro atoms. The molecule has 0 aliphatic carbocycles. The van der Waals surface area contributed by atoms with E-state index in [2.05, 4.69) is 16.6 Å². The van der Waals surface area contributed by atoms with Crippen LogP contribution < -0.4 is 34.9 Å². The molecule has 2 unspecified atom stereocenters. The number of alkyl halides is 2. The molecule has 0 saturated carbocycles. The van der Waals surface area contributed by atoms with Gasteiger partial charge in [0.1, 0.15) is 0 Å². The minimum absolute atomic E-state index is 0. The predicted molar refractivity (Wildman–Crippen MR) is 49.9 cm³/mol. The number of carbonyl (C=O) groups excluding carboxylic acids is 2. The smallest absolute Gasteiger partial charge is 1.00 e. The molecular formula is C9H12F2NNaO4. The minimum Gasteiger partial charge on any atom is -1.00 e. The van der Waals surface area contributed by atoms with E-state index >= 15 is 0 Å². The molecule has 1 fully saturated rings. The van der Waals surface area contributed by atoms with Crippen LogP contribution in [0.5, 0.6) is 0 Å². The first-order chi connectivity index (χ1) is 7.56. The molecule has 0 radical (unpaired) electrons. The van der Waals surface area contributed by atoms with Crippen molar-refractivity contribution in [2.45, 2.75) is 18.8 Å². The first-order valence-electron chi connectivity index (χ1n) is 4.56. The van der Waals surface area contributed by atoms with Gasteiger partial charge in [0.25, 0.3) is 6.43 Å². The first kappa shape index (κ1) is 16.7. The zero-order valence-corrected chi connectivity index (χ0v) is 11.3. The van der Waals surface area contributed by atoms with Gasteiger partial charge in [-0.2, -0.15) is 0 Å².